The van der Waals surface area contributed by atoms with Crippen LogP contribution in [-0.4, -0.2) is 13.4 Å². The van der Waals surface area contributed by atoms with E-state index < -0.39 is 0 Å². The summed E-state index contributed by atoms with van der Waals surface area (Å²) < 4.78 is 11.6. The van der Waals surface area contributed by atoms with E-state index in [9.17, 15) is 0 Å². The number of hydrogen-bond donors (Lipinski definition) is 1. The van der Waals surface area contributed by atoms with Crippen LogP contribution in [-0.2, 0) is 11.3 Å². The maximum atomic E-state index is 5.34. The van der Waals surface area contributed by atoms with Gasteiger partial charge in [-0.3, -0.25) is 0 Å². The van der Waals surface area contributed by atoms with Crippen molar-refractivity contribution in [2.45, 2.75) is 6.42 Å². The highest BCUT2D eigenvalue weighted by atomic mass is 79.9. The van der Waals surface area contributed by atoms with Crippen molar-refractivity contribution in [3.05, 3.63) is 22.2 Å². The SMILES string of the molecule is NOCCc1cc(Br)cc2c1OCO2. The minimum absolute atomic E-state index is 0.280. The molecule has 0 amide bonds. The second-order valence-corrected chi connectivity index (χ2v) is 3.84. The van der Waals surface area contributed by atoms with Gasteiger partial charge in [0.25, 0.3) is 0 Å². The fourth-order valence-electron chi connectivity index (χ4n) is 1.40. The molecule has 0 unspecified atom stereocenters. The second kappa shape index (κ2) is 4.16. The van der Waals surface area contributed by atoms with Crippen molar-refractivity contribution in [2.75, 3.05) is 13.4 Å². The van der Waals surface area contributed by atoms with Gasteiger partial charge in [-0.1, -0.05) is 15.9 Å². The molecule has 5 heteroatoms. The van der Waals surface area contributed by atoms with Crippen LogP contribution in [0, 0.1) is 0 Å². The highest BCUT2D eigenvalue weighted by molar-refractivity contribution is 9.10. The largest absolute Gasteiger partial charge is 0.454 e. The third kappa shape index (κ3) is 1.84. The van der Waals surface area contributed by atoms with E-state index in [4.69, 9.17) is 15.4 Å². The summed E-state index contributed by atoms with van der Waals surface area (Å²) in [6.07, 6.45) is 0.710. The molecule has 0 bridgehead atoms. The number of rotatable bonds is 3. The molecule has 0 saturated heterocycles. The number of ether oxygens (including phenoxy) is 2. The minimum atomic E-state index is 0.280. The first-order valence-corrected chi connectivity index (χ1v) is 5.00. The third-order valence-corrected chi connectivity index (χ3v) is 2.46. The third-order valence-electron chi connectivity index (χ3n) is 2.00. The lowest BCUT2D eigenvalue weighted by molar-refractivity contribution is 0.139. The predicted molar refractivity (Wildman–Crippen MR) is 54.1 cm³/mol. The molecule has 0 radical (unpaired) electrons. The molecule has 2 N–H and O–H groups in total. The summed E-state index contributed by atoms with van der Waals surface area (Å²) >= 11 is 3.40. The van der Waals surface area contributed by atoms with Crippen LogP contribution in [0.2, 0.25) is 0 Å². The molecular formula is C9H10BrNO3. The second-order valence-electron chi connectivity index (χ2n) is 2.92. The number of fused-ring (bicyclic) bond motifs is 1. The van der Waals surface area contributed by atoms with Crippen LogP contribution in [0.15, 0.2) is 16.6 Å². The number of benzene rings is 1. The summed E-state index contributed by atoms with van der Waals surface area (Å²) in [6, 6.07) is 3.86. The molecule has 1 aliphatic heterocycles. The Hall–Kier alpha value is -0.780. The quantitative estimate of drug-likeness (QED) is 0.839. The average Bonchev–Trinajstić information content (AvgIpc) is 2.61. The Morgan fingerprint density at radius 1 is 1.43 bits per heavy atom. The standard InChI is InChI=1S/C9H10BrNO3/c10-7-3-6(1-2-14-11)9-8(4-7)12-5-13-9/h3-4H,1-2,5,11H2. The maximum absolute atomic E-state index is 5.34. The molecule has 4 nitrogen and oxygen atoms in total. The van der Waals surface area contributed by atoms with Crippen LogP contribution in [0.5, 0.6) is 11.5 Å². The van der Waals surface area contributed by atoms with Gasteiger partial charge >= 0.3 is 0 Å². The molecule has 1 aromatic carbocycles. The van der Waals surface area contributed by atoms with Crippen LogP contribution in [0.4, 0.5) is 0 Å². The first-order chi connectivity index (χ1) is 6.81. The molecule has 0 aliphatic carbocycles. The van der Waals surface area contributed by atoms with Crippen molar-refractivity contribution in [3.8, 4) is 11.5 Å². The molecule has 0 saturated carbocycles. The van der Waals surface area contributed by atoms with Crippen LogP contribution in [0.1, 0.15) is 5.56 Å². The first-order valence-electron chi connectivity index (χ1n) is 4.21. The molecule has 1 aliphatic rings. The Bertz CT molecular complexity index is 343. The zero-order valence-electron chi connectivity index (χ0n) is 7.46. The lowest BCUT2D eigenvalue weighted by atomic mass is 10.1. The molecule has 0 fully saturated rings. The zero-order chi connectivity index (χ0) is 9.97. The van der Waals surface area contributed by atoms with Crippen molar-refractivity contribution in [1.29, 1.82) is 0 Å². The van der Waals surface area contributed by atoms with E-state index in [1.807, 2.05) is 12.1 Å². The molecule has 1 heterocycles. The van der Waals surface area contributed by atoms with Crippen molar-refractivity contribution in [1.82, 2.24) is 0 Å². The smallest absolute Gasteiger partial charge is 0.231 e. The topological polar surface area (TPSA) is 53.7 Å². The molecule has 2 rings (SSSR count). The van der Waals surface area contributed by atoms with E-state index >= 15 is 0 Å². The Kier molecular flexibility index (Phi) is 2.90. The van der Waals surface area contributed by atoms with E-state index in [2.05, 4.69) is 20.8 Å². The lowest BCUT2D eigenvalue weighted by Crippen LogP contribution is -2.04. The molecule has 14 heavy (non-hydrogen) atoms. The van der Waals surface area contributed by atoms with Crippen molar-refractivity contribution in [3.63, 3.8) is 0 Å². The van der Waals surface area contributed by atoms with Gasteiger partial charge in [-0.25, -0.2) is 5.90 Å². The fourth-order valence-corrected chi connectivity index (χ4v) is 1.88. The first kappa shape index (κ1) is 9.76. The van der Waals surface area contributed by atoms with Crippen molar-refractivity contribution >= 4 is 15.9 Å². The Labute approximate surface area is 90.0 Å². The van der Waals surface area contributed by atoms with E-state index in [0.29, 0.717) is 13.0 Å². The van der Waals surface area contributed by atoms with Crippen LogP contribution < -0.4 is 15.4 Å². The Morgan fingerprint density at radius 2 is 2.29 bits per heavy atom. The fraction of sp³-hybridized carbons (Fsp3) is 0.333. The van der Waals surface area contributed by atoms with Crippen molar-refractivity contribution < 1.29 is 14.3 Å². The number of hydrogen-bond acceptors (Lipinski definition) is 4. The van der Waals surface area contributed by atoms with Gasteiger partial charge < -0.3 is 14.3 Å². The molecular weight excluding hydrogens is 250 g/mol. The van der Waals surface area contributed by atoms with Gasteiger partial charge in [-0.05, 0) is 12.1 Å². The summed E-state index contributed by atoms with van der Waals surface area (Å²) in [5.74, 6) is 6.54. The van der Waals surface area contributed by atoms with Crippen LogP contribution in [0.3, 0.4) is 0 Å². The van der Waals surface area contributed by atoms with Crippen molar-refractivity contribution in [2.24, 2.45) is 5.90 Å². The Morgan fingerprint density at radius 3 is 3.07 bits per heavy atom. The normalized spacial score (nSPS) is 13.3. The summed E-state index contributed by atoms with van der Waals surface area (Å²) in [5.41, 5.74) is 1.04. The summed E-state index contributed by atoms with van der Waals surface area (Å²) in [5, 5.41) is 0. The van der Waals surface area contributed by atoms with Gasteiger partial charge in [-0.15, -0.1) is 0 Å². The Balaban J connectivity index is 2.29. The van der Waals surface area contributed by atoms with Gasteiger partial charge in [-0.2, -0.15) is 0 Å². The molecule has 0 aromatic heterocycles. The minimum Gasteiger partial charge on any atom is -0.454 e. The number of nitrogens with two attached hydrogens (primary N) is 1. The van der Waals surface area contributed by atoms with E-state index in [1.54, 1.807) is 0 Å². The molecule has 76 valence electrons. The lowest BCUT2D eigenvalue weighted by Gasteiger charge is -2.05. The summed E-state index contributed by atoms with van der Waals surface area (Å²) in [6.45, 7) is 0.745. The predicted octanol–water partition coefficient (Wildman–Crippen LogP) is 1.61. The summed E-state index contributed by atoms with van der Waals surface area (Å²) in [4.78, 5) is 4.53. The van der Waals surface area contributed by atoms with Gasteiger partial charge in [0.05, 0.1) is 6.61 Å². The molecule has 0 atom stereocenters. The van der Waals surface area contributed by atoms with Gasteiger partial charge in [0.1, 0.15) is 0 Å². The summed E-state index contributed by atoms with van der Waals surface area (Å²) in [7, 11) is 0. The highest BCUT2D eigenvalue weighted by Crippen LogP contribution is 2.38. The average molecular weight is 260 g/mol. The maximum Gasteiger partial charge on any atom is 0.231 e. The van der Waals surface area contributed by atoms with E-state index in [-0.39, 0.29) is 6.79 Å². The number of halogens is 1. The van der Waals surface area contributed by atoms with Gasteiger partial charge in [0, 0.05) is 16.5 Å². The van der Waals surface area contributed by atoms with E-state index in [0.717, 1.165) is 21.5 Å². The van der Waals surface area contributed by atoms with E-state index in [1.165, 1.54) is 0 Å². The van der Waals surface area contributed by atoms with Gasteiger partial charge in [0.15, 0.2) is 11.5 Å². The zero-order valence-corrected chi connectivity index (χ0v) is 9.04. The molecule has 0 spiro atoms. The highest BCUT2D eigenvalue weighted by Gasteiger charge is 2.18. The molecule has 1 aromatic rings. The van der Waals surface area contributed by atoms with Gasteiger partial charge in [0.2, 0.25) is 6.79 Å². The van der Waals surface area contributed by atoms with Crippen LogP contribution >= 0.6 is 15.9 Å². The van der Waals surface area contributed by atoms with Crippen LogP contribution in [0.25, 0.3) is 0 Å². The monoisotopic (exact) mass is 259 g/mol.